The van der Waals surface area contributed by atoms with E-state index < -0.39 is 17.5 Å². The zero-order valence-electron chi connectivity index (χ0n) is 11.1. The topological polar surface area (TPSA) is 28.2 Å². The van der Waals surface area contributed by atoms with Crippen LogP contribution in [0.15, 0.2) is 30.5 Å². The van der Waals surface area contributed by atoms with E-state index >= 15 is 0 Å². The molecule has 0 saturated heterocycles. The van der Waals surface area contributed by atoms with Crippen molar-refractivity contribution in [3.63, 3.8) is 0 Å². The SMILES string of the molecule is CN(C)c1ncccc1NCc1cc(F)c(F)c(F)c1. The van der Waals surface area contributed by atoms with E-state index in [0.717, 1.165) is 17.8 Å². The van der Waals surface area contributed by atoms with Crippen LogP contribution in [0.4, 0.5) is 24.7 Å². The number of nitrogens with one attached hydrogen (secondary N) is 1. The molecule has 1 aromatic heterocycles. The molecule has 1 heterocycles. The third kappa shape index (κ3) is 3.01. The van der Waals surface area contributed by atoms with Gasteiger partial charge in [-0.1, -0.05) is 0 Å². The number of aromatic nitrogens is 1. The van der Waals surface area contributed by atoms with Gasteiger partial charge in [-0.2, -0.15) is 0 Å². The molecule has 1 aromatic carbocycles. The molecule has 0 saturated carbocycles. The van der Waals surface area contributed by atoms with Gasteiger partial charge in [0.2, 0.25) is 0 Å². The molecule has 0 aliphatic heterocycles. The molecule has 0 aliphatic rings. The number of benzene rings is 1. The zero-order valence-corrected chi connectivity index (χ0v) is 11.1. The summed E-state index contributed by atoms with van der Waals surface area (Å²) in [6.45, 7) is 0.167. The second-order valence-electron chi connectivity index (χ2n) is 4.50. The van der Waals surface area contributed by atoms with Crippen molar-refractivity contribution in [3.05, 3.63) is 53.5 Å². The lowest BCUT2D eigenvalue weighted by molar-refractivity contribution is 0.445. The summed E-state index contributed by atoms with van der Waals surface area (Å²) in [5, 5.41) is 3.02. The van der Waals surface area contributed by atoms with Crippen molar-refractivity contribution in [1.82, 2.24) is 4.98 Å². The second kappa shape index (κ2) is 5.81. The summed E-state index contributed by atoms with van der Waals surface area (Å²) >= 11 is 0. The highest BCUT2D eigenvalue weighted by molar-refractivity contribution is 5.64. The normalized spacial score (nSPS) is 10.4. The van der Waals surface area contributed by atoms with E-state index in [2.05, 4.69) is 10.3 Å². The molecule has 106 valence electrons. The van der Waals surface area contributed by atoms with Gasteiger partial charge in [0.05, 0.1) is 5.69 Å². The first-order chi connectivity index (χ1) is 9.49. The van der Waals surface area contributed by atoms with Crippen LogP contribution in [0, 0.1) is 17.5 Å². The highest BCUT2D eigenvalue weighted by Gasteiger charge is 2.11. The predicted octanol–water partition coefficient (Wildman–Crippen LogP) is 3.18. The highest BCUT2D eigenvalue weighted by Crippen LogP contribution is 2.21. The van der Waals surface area contributed by atoms with Gasteiger partial charge in [0.25, 0.3) is 0 Å². The number of anilines is 2. The number of halogens is 3. The molecule has 1 N–H and O–H groups in total. The van der Waals surface area contributed by atoms with E-state index in [0.29, 0.717) is 11.4 Å². The molecule has 3 nitrogen and oxygen atoms in total. The largest absolute Gasteiger partial charge is 0.378 e. The molecule has 0 atom stereocenters. The minimum atomic E-state index is -1.45. The molecule has 0 radical (unpaired) electrons. The quantitative estimate of drug-likeness (QED) is 0.872. The van der Waals surface area contributed by atoms with Gasteiger partial charge in [0, 0.05) is 26.8 Å². The van der Waals surface area contributed by atoms with Crippen molar-refractivity contribution in [3.8, 4) is 0 Å². The number of rotatable bonds is 4. The molecule has 20 heavy (non-hydrogen) atoms. The van der Waals surface area contributed by atoms with Crippen molar-refractivity contribution >= 4 is 11.5 Å². The van der Waals surface area contributed by atoms with Crippen LogP contribution >= 0.6 is 0 Å². The Hall–Kier alpha value is -2.24. The Morgan fingerprint density at radius 3 is 2.40 bits per heavy atom. The lowest BCUT2D eigenvalue weighted by Gasteiger charge is -2.17. The van der Waals surface area contributed by atoms with Crippen LogP contribution < -0.4 is 10.2 Å². The van der Waals surface area contributed by atoms with Gasteiger partial charge in [-0.25, -0.2) is 18.2 Å². The van der Waals surface area contributed by atoms with E-state index in [-0.39, 0.29) is 6.54 Å². The van der Waals surface area contributed by atoms with Crippen molar-refractivity contribution in [1.29, 1.82) is 0 Å². The molecule has 2 rings (SSSR count). The Labute approximate surface area is 115 Å². The second-order valence-corrected chi connectivity index (χ2v) is 4.50. The first kappa shape index (κ1) is 14.2. The van der Waals surface area contributed by atoms with Gasteiger partial charge < -0.3 is 10.2 Å². The Morgan fingerprint density at radius 1 is 1.15 bits per heavy atom. The molecule has 0 unspecified atom stereocenters. The van der Waals surface area contributed by atoms with Gasteiger partial charge in [0.1, 0.15) is 0 Å². The maximum absolute atomic E-state index is 13.1. The third-order valence-corrected chi connectivity index (χ3v) is 2.74. The predicted molar refractivity (Wildman–Crippen MR) is 72.2 cm³/mol. The number of nitrogens with zero attached hydrogens (tertiary/aromatic N) is 2. The number of hydrogen-bond donors (Lipinski definition) is 1. The molecule has 0 bridgehead atoms. The monoisotopic (exact) mass is 281 g/mol. The molecule has 6 heteroatoms. The van der Waals surface area contributed by atoms with Crippen LogP contribution in [0.3, 0.4) is 0 Å². The van der Waals surface area contributed by atoms with Crippen LogP contribution in [-0.4, -0.2) is 19.1 Å². The Kier molecular flexibility index (Phi) is 4.12. The molecule has 0 fully saturated rings. The molecule has 0 amide bonds. The summed E-state index contributed by atoms with van der Waals surface area (Å²) in [5.41, 5.74) is 1.04. The van der Waals surface area contributed by atoms with Crippen LogP contribution in [0.25, 0.3) is 0 Å². The fourth-order valence-electron chi connectivity index (χ4n) is 1.80. The standard InChI is InChI=1S/C14H14F3N3/c1-20(2)14-12(4-3-5-18-14)19-8-9-6-10(15)13(17)11(16)7-9/h3-7,19H,8H2,1-2H3. The fraction of sp³-hybridized carbons (Fsp3) is 0.214. The summed E-state index contributed by atoms with van der Waals surface area (Å²) in [5.74, 6) is -3.14. The Bertz CT molecular complexity index is 591. The van der Waals surface area contributed by atoms with Gasteiger partial charge in [-0.3, -0.25) is 0 Å². The van der Waals surface area contributed by atoms with Crippen molar-refractivity contribution in [2.24, 2.45) is 0 Å². The zero-order chi connectivity index (χ0) is 14.7. The molecule has 0 aliphatic carbocycles. The molecule has 0 spiro atoms. The van der Waals surface area contributed by atoms with E-state index in [1.807, 2.05) is 19.0 Å². The lowest BCUT2D eigenvalue weighted by atomic mass is 10.2. The van der Waals surface area contributed by atoms with Crippen LogP contribution in [0.1, 0.15) is 5.56 Å². The van der Waals surface area contributed by atoms with E-state index in [4.69, 9.17) is 0 Å². The molecular weight excluding hydrogens is 267 g/mol. The number of hydrogen-bond acceptors (Lipinski definition) is 3. The van der Waals surface area contributed by atoms with Gasteiger partial charge in [-0.05, 0) is 29.8 Å². The van der Waals surface area contributed by atoms with Crippen LogP contribution in [0.2, 0.25) is 0 Å². The van der Waals surface area contributed by atoms with Crippen molar-refractivity contribution < 1.29 is 13.2 Å². The van der Waals surface area contributed by atoms with Crippen LogP contribution in [-0.2, 0) is 6.54 Å². The number of pyridine rings is 1. The summed E-state index contributed by atoms with van der Waals surface area (Å²) in [6, 6.07) is 5.49. The Balaban J connectivity index is 2.17. The molecular formula is C14H14F3N3. The average molecular weight is 281 g/mol. The summed E-state index contributed by atoms with van der Waals surface area (Å²) < 4.78 is 39.1. The van der Waals surface area contributed by atoms with Gasteiger partial charge >= 0.3 is 0 Å². The first-order valence-corrected chi connectivity index (χ1v) is 5.98. The van der Waals surface area contributed by atoms with Crippen LogP contribution in [0.5, 0.6) is 0 Å². The minimum absolute atomic E-state index is 0.167. The average Bonchev–Trinajstić information content (AvgIpc) is 2.42. The minimum Gasteiger partial charge on any atom is -0.378 e. The lowest BCUT2D eigenvalue weighted by Crippen LogP contribution is -2.14. The maximum atomic E-state index is 13.1. The summed E-state index contributed by atoms with van der Waals surface area (Å²) in [6.07, 6.45) is 1.65. The molecule has 2 aromatic rings. The van der Waals surface area contributed by atoms with E-state index in [1.54, 1.807) is 18.3 Å². The van der Waals surface area contributed by atoms with E-state index in [1.165, 1.54) is 0 Å². The first-order valence-electron chi connectivity index (χ1n) is 5.98. The van der Waals surface area contributed by atoms with E-state index in [9.17, 15) is 13.2 Å². The van der Waals surface area contributed by atoms with Crippen molar-refractivity contribution in [2.75, 3.05) is 24.3 Å². The Morgan fingerprint density at radius 2 is 1.80 bits per heavy atom. The summed E-state index contributed by atoms with van der Waals surface area (Å²) in [7, 11) is 3.68. The third-order valence-electron chi connectivity index (χ3n) is 2.74. The highest BCUT2D eigenvalue weighted by atomic mass is 19.2. The van der Waals surface area contributed by atoms with Gasteiger partial charge in [-0.15, -0.1) is 0 Å². The smallest absolute Gasteiger partial charge is 0.194 e. The van der Waals surface area contributed by atoms with Gasteiger partial charge in [0.15, 0.2) is 23.3 Å². The fourth-order valence-corrected chi connectivity index (χ4v) is 1.80. The summed E-state index contributed by atoms with van der Waals surface area (Å²) in [4.78, 5) is 6.01. The van der Waals surface area contributed by atoms with Crippen molar-refractivity contribution in [2.45, 2.75) is 6.54 Å². The maximum Gasteiger partial charge on any atom is 0.194 e.